The first kappa shape index (κ1) is 31.7. The van der Waals surface area contributed by atoms with Crippen molar-refractivity contribution < 1.29 is 66.2 Å². The summed E-state index contributed by atoms with van der Waals surface area (Å²) in [5.41, 5.74) is 1.05. The number of rotatable bonds is 13. The van der Waals surface area contributed by atoms with E-state index in [0.717, 1.165) is 0 Å². The monoisotopic (exact) mass is 576 g/mol. The molecule has 0 aliphatic rings. The van der Waals surface area contributed by atoms with Crippen molar-refractivity contribution in [2.75, 3.05) is 25.7 Å². The van der Waals surface area contributed by atoms with Crippen LogP contribution in [0.3, 0.4) is 0 Å². The van der Waals surface area contributed by atoms with E-state index < -0.39 is 40.4 Å². The summed E-state index contributed by atoms with van der Waals surface area (Å²) in [5.74, 6) is -0.289. The third-order valence-electron chi connectivity index (χ3n) is 5.03. The smallest absolute Gasteiger partial charge is 0.508 e. The SMILES string of the molecule is O=P(O)(O)CN(Cc1ccccc1O)CC(CO)N(Cc1cc(CO)ccc1O)CP(=O)(O)O.[Fe+2]. The maximum atomic E-state index is 11.8. The molecule has 12 nitrogen and oxygen atoms in total. The Morgan fingerprint density at radius 3 is 1.94 bits per heavy atom. The third kappa shape index (κ3) is 11.1. The summed E-state index contributed by atoms with van der Waals surface area (Å²) in [5, 5.41) is 39.6. The van der Waals surface area contributed by atoms with E-state index in [1.807, 2.05) is 0 Å². The zero-order chi connectivity index (χ0) is 25.5. The molecular formula is C20H30FeN2O10P2+2. The summed E-state index contributed by atoms with van der Waals surface area (Å²) in [4.78, 5) is 40.7. The molecule has 1 unspecified atom stereocenters. The second kappa shape index (κ2) is 13.9. The number of nitrogens with zero attached hydrogens (tertiary/aromatic N) is 2. The molecule has 0 fully saturated rings. The van der Waals surface area contributed by atoms with Gasteiger partial charge in [0.25, 0.3) is 0 Å². The molecular weight excluding hydrogens is 546 g/mol. The van der Waals surface area contributed by atoms with Crippen molar-refractivity contribution in [1.29, 1.82) is 0 Å². The first-order valence-electron chi connectivity index (χ1n) is 10.2. The molecule has 0 bridgehead atoms. The molecule has 0 heterocycles. The largest absolute Gasteiger partial charge is 2.00 e. The van der Waals surface area contributed by atoms with Crippen LogP contribution in [0.5, 0.6) is 11.5 Å². The zero-order valence-electron chi connectivity index (χ0n) is 18.6. The van der Waals surface area contributed by atoms with Gasteiger partial charge in [-0.25, -0.2) is 0 Å². The number of phenols is 2. The normalized spacial score (nSPS) is 13.1. The fourth-order valence-electron chi connectivity index (χ4n) is 3.52. The summed E-state index contributed by atoms with van der Waals surface area (Å²) in [6.07, 6.45) is -1.53. The molecule has 0 spiro atoms. The molecule has 0 radical (unpaired) electrons. The molecule has 1 atom stereocenters. The number of phenolic OH excluding ortho intramolecular Hbond substituents is 2. The van der Waals surface area contributed by atoms with Gasteiger partial charge in [-0.15, -0.1) is 0 Å². The van der Waals surface area contributed by atoms with E-state index in [2.05, 4.69) is 0 Å². The molecule has 0 saturated heterocycles. The van der Waals surface area contributed by atoms with Crippen LogP contribution in [-0.2, 0) is 45.9 Å². The van der Waals surface area contributed by atoms with E-state index in [9.17, 15) is 49.1 Å². The predicted molar refractivity (Wildman–Crippen MR) is 123 cm³/mol. The first-order valence-corrected chi connectivity index (χ1v) is 13.8. The molecule has 2 aromatic rings. The van der Waals surface area contributed by atoms with E-state index in [1.165, 1.54) is 34.1 Å². The number of benzene rings is 2. The fraction of sp³-hybridized carbons (Fsp3) is 0.400. The van der Waals surface area contributed by atoms with Gasteiger partial charge < -0.3 is 40.0 Å². The Kier molecular flexibility index (Phi) is 12.6. The minimum Gasteiger partial charge on any atom is -0.508 e. The van der Waals surface area contributed by atoms with Crippen LogP contribution in [0.2, 0.25) is 0 Å². The molecule has 2 aromatic carbocycles. The molecule has 35 heavy (non-hydrogen) atoms. The molecule has 8 N–H and O–H groups in total. The standard InChI is InChI=1S/C20H30N2O10P2.Fe/c23-11-15-5-6-20(26)17(7-15)9-22(14-34(30,31)32)18(12-24)10-21(13-33(27,28)29)8-16-3-1-2-4-19(16)25;/h1-7,18,23-26H,8-14H2,(H2,27,28,29)(H2,30,31,32);/q;+2. The van der Waals surface area contributed by atoms with Gasteiger partial charge in [0.05, 0.1) is 13.2 Å². The second-order valence-corrected chi connectivity index (χ2v) is 11.2. The minimum absolute atomic E-state index is 0. The predicted octanol–water partition coefficient (Wildman–Crippen LogP) is 0.523. The van der Waals surface area contributed by atoms with E-state index in [4.69, 9.17) is 0 Å². The van der Waals surface area contributed by atoms with Crippen LogP contribution in [0, 0.1) is 0 Å². The van der Waals surface area contributed by atoms with E-state index in [0.29, 0.717) is 11.1 Å². The fourth-order valence-corrected chi connectivity index (χ4v) is 5.06. The van der Waals surface area contributed by atoms with Gasteiger partial charge in [-0.2, -0.15) is 0 Å². The van der Waals surface area contributed by atoms with Crippen molar-refractivity contribution >= 4 is 15.2 Å². The number of aliphatic hydroxyl groups excluding tert-OH is 2. The van der Waals surface area contributed by atoms with Gasteiger partial charge in [-0.1, -0.05) is 24.3 Å². The molecule has 2 rings (SSSR count). The quantitative estimate of drug-likeness (QED) is 0.122. The number of aromatic hydroxyl groups is 2. The van der Waals surface area contributed by atoms with Crippen LogP contribution in [-0.4, -0.2) is 81.6 Å². The van der Waals surface area contributed by atoms with Gasteiger partial charge in [-0.3, -0.25) is 18.9 Å². The van der Waals surface area contributed by atoms with Crippen LogP contribution in [0.25, 0.3) is 0 Å². The van der Waals surface area contributed by atoms with Crippen molar-refractivity contribution in [2.45, 2.75) is 25.7 Å². The topological polar surface area (TPSA) is 202 Å². The number of para-hydroxylation sites is 1. The molecule has 0 aliphatic carbocycles. The summed E-state index contributed by atoms with van der Waals surface area (Å²) < 4.78 is 23.5. The molecule has 0 amide bonds. The third-order valence-corrected chi connectivity index (χ3v) is 6.53. The maximum absolute atomic E-state index is 11.8. The van der Waals surface area contributed by atoms with Crippen molar-refractivity contribution in [3.8, 4) is 11.5 Å². The van der Waals surface area contributed by atoms with Crippen molar-refractivity contribution in [3.63, 3.8) is 0 Å². The van der Waals surface area contributed by atoms with E-state index >= 15 is 0 Å². The van der Waals surface area contributed by atoms with Gasteiger partial charge in [0.2, 0.25) is 0 Å². The Morgan fingerprint density at radius 2 is 1.40 bits per heavy atom. The molecule has 0 aliphatic heterocycles. The van der Waals surface area contributed by atoms with Gasteiger partial charge in [-0.05, 0) is 23.8 Å². The number of hydrogen-bond acceptors (Lipinski definition) is 8. The van der Waals surface area contributed by atoms with Crippen molar-refractivity contribution in [2.24, 2.45) is 0 Å². The Bertz CT molecular complexity index is 1050. The summed E-state index contributed by atoms with van der Waals surface area (Å²) >= 11 is 0. The maximum Gasteiger partial charge on any atom is 2.00 e. The molecule has 0 aromatic heterocycles. The average molecular weight is 576 g/mol. The summed E-state index contributed by atoms with van der Waals surface area (Å²) in [6, 6.07) is 9.41. The van der Waals surface area contributed by atoms with Crippen LogP contribution < -0.4 is 0 Å². The van der Waals surface area contributed by atoms with Crippen LogP contribution in [0.4, 0.5) is 0 Å². The van der Waals surface area contributed by atoms with E-state index in [1.54, 1.807) is 18.2 Å². The summed E-state index contributed by atoms with van der Waals surface area (Å²) in [7, 11) is -9.22. The van der Waals surface area contributed by atoms with Crippen molar-refractivity contribution in [1.82, 2.24) is 9.80 Å². The molecule has 0 saturated carbocycles. The Morgan fingerprint density at radius 1 is 0.800 bits per heavy atom. The van der Waals surface area contributed by atoms with Gasteiger partial charge in [0, 0.05) is 36.8 Å². The average Bonchev–Trinajstić information content (AvgIpc) is 2.72. The first-order chi connectivity index (χ1) is 15.8. The van der Waals surface area contributed by atoms with Gasteiger partial charge in [0.1, 0.15) is 24.1 Å². The van der Waals surface area contributed by atoms with Crippen LogP contribution in [0.1, 0.15) is 16.7 Å². The molecule has 196 valence electrons. The number of hydrogen-bond donors (Lipinski definition) is 8. The Hall–Kier alpha value is -1.30. The minimum atomic E-state index is -4.65. The Balaban J connectivity index is 0.00000612. The zero-order valence-corrected chi connectivity index (χ0v) is 21.5. The van der Waals surface area contributed by atoms with Crippen LogP contribution >= 0.6 is 15.2 Å². The van der Waals surface area contributed by atoms with E-state index in [-0.39, 0.29) is 60.4 Å². The number of aliphatic hydroxyl groups is 2. The Labute approximate surface area is 213 Å². The molecule has 15 heteroatoms. The second-order valence-electron chi connectivity index (χ2n) is 7.96. The van der Waals surface area contributed by atoms with Gasteiger partial charge >= 0.3 is 32.3 Å². The van der Waals surface area contributed by atoms with Crippen molar-refractivity contribution in [3.05, 3.63) is 59.2 Å². The summed E-state index contributed by atoms with van der Waals surface area (Å²) in [6.45, 7) is -1.51. The van der Waals surface area contributed by atoms with Gasteiger partial charge in [0.15, 0.2) is 0 Å². The van der Waals surface area contributed by atoms with Crippen LogP contribution in [0.15, 0.2) is 42.5 Å².